The van der Waals surface area contributed by atoms with Crippen LogP contribution in [0.3, 0.4) is 0 Å². The van der Waals surface area contributed by atoms with Crippen molar-refractivity contribution < 1.29 is 40.8 Å². The summed E-state index contributed by atoms with van der Waals surface area (Å²) in [5.74, 6) is -0.511. The van der Waals surface area contributed by atoms with E-state index in [1.165, 1.54) is 14.0 Å². The Balaban J connectivity index is -0.000000136. The van der Waals surface area contributed by atoms with Crippen LogP contribution in [0.5, 0.6) is 0 Å². The molecule has 0 aliphatic carbocycles. The molecule has 4 N–H and O–H groups in total. The zero-order valence-electron chi connectivity index (χ0n) is 13.5. The molecule has 0 fully saturated rings. The van der Waals surface area contributed by atoms with Crippen LogP contribution in [0.25, 0.3) is 11.1 Å². The summed E-state index contributed by atoms with van der Waals surface area (Å²) < 4.78 is 10.8. The Morgan fingerprint density at radius 3 is 2.05 bits per heavy atom. The average molecular weight is 465 g/mol. The van der Waals surface area contributed by atoms with Gasteiger partial charge in [0.15, 0.2) is 5.79 Å². The van der Waals surface area contributed by atoms with Crippen LogP contribution in [0.15, 0.2) is 0 Å². The fraction of sp³-hybridized carbons (Fsp3) is 1.00. The molecule has 0 aromatic heterocycles. The minimum atomic E-state index is -0.560. The van der Waals surface area contributed by atoms with Crippen LogP contribution in [0.4, 0.5) is 0 Å². The summed E-state index contributed by atoms with van der Waals surface area (Å²) in [6.07, 6.45) is 0.250. The monoisotopic (exact) mass is 465 g/mol. The van der Waals surface area contributed by atoms with Gasteiger partial charge >= 0.3 is 21.1 Å². The number of hydrogen-bond donors (Lipinski definition) is 3. The van der Waals surface area contributed by atoms with E-state index in [9.17, 15) is 0 Å². The molecule has 0 aliphatic rings. The Hall–Kier alpha value is 0.408. The maximum absolute atomic E-state index is 8.11. The Kier molecular flexibility index (Phi) is 31.0. The molecule has 0 bridgehead atoms. The van der Waals surface area contributed by atoms with Gasteiger partial charge in [0.25, 0.3) is 0 Å². The first-order valence-corrected chi connectivity index (χ1v) is 6.22. The molecule has 0 rings (SSSR count). The molecule has 8 heteroatoms. The standard InChI is InChI=1S/C8H19N2O2.C3H8O2.CH4N.W/c1-5-8(2,11-6-9-3)12-7-10-4;1-3(5)2-4;1-2;/h9H,5-7H2,1-4H3;3-5H,2H2,1H3;2H,1H3;/q-1;;-1;+2. The molecule has 124 valence electrons. The third kappa shape index (κ3) is 23.5. The van der Waals surface area contributed by atoms with Gasteiger partial charge in [-0.05, 0) is 34.0 Å². The molecule has 0 aliphatic heterocycles. The van der Waals surface area contributed by atoms with Gasteiger partial charge in [-0.15, -0.1) is 0 Å². The average Bonchev–Trinajstić information content (AvgIpc) is 2.45. The maximum Gasteiger partial charge on any atom is 2.00 e. The van der Waals surface area contributed by atoms with Crippen LogP contribution in [-0.4, -0.2) is 63.3 Å². The van der Waals surface area contributed by atoms with Crippen molar-refractivity contribution in [2.45, 2.75) is 39.1 Å². The number of rotatable bonds is 8. The molecule has 0 saturated heterocycles. The summed E-state index contributed by atoms with van der Waals surface area (Å²) in [6, 6.07) is 0. The van der Waals surface area contributed by atoms with Crippen LogP contribution >= 0.6 is 0 Å². The van der Waals surface area contributed by atoms with Crippen molar-refractivity contribution in [3.05, 3.63) is 11.1 Å². The predicted molar refractivity (Wildman–Crippen MR) is 78.0 cm³/mol. The van der Waals surface area contributed by atoms with E-state index in [4.69, 9.17) is 25.4 Å². The third-order valence-corrected chi connectivity index (χ3v) is 1.93. The smallest absolute Gasteiger partial charge is 0.680 e. The van der Waals surface area contributed by atoms with Gasteiger partial charge in [-0.3, -0.25) is 5.32 Å². The third-order valence-electron chi connectivity index (χ3n) is 1.93. The van der Waals surface area contributed by atoms with Crippen molar-refractivity contribution >= 4 is 0 Å². The second kappa shape index (κ2) is 21.7. The van der Waals surface area contributed by atoms with Crippen LogP contribution in [-0.2, 0) is 30.5 Å². The number of aliphatic hydroxyl groups is 2. The molecule has 0 aromatic carbocycles. The van der Waals surface area contributed by atoms with Gasteiger partial charge < -0.3 is 30.7 Å². The van der Waals surface area contributed by atoms with Gasteiger partial charge in [0, 0.05) is 0 Å². The first-order valence-electron chi connectivity index (χ1n) is 6.22. The normalized spacial score (nSPS) is 13.7. The summed E-state index contributed by atoms with van der Waals surface area (Å²) >= 11 is 0. The van der Waals surface area contributed by atoms with E-state index in [2.05, 4.69) is 10.6 Å². The van der Waals surface area contributed by atoms with E-state index in [-0.39, 0.29) is 27.7 Å². The summed E-state index contributed by atoms with van der Waals surface area (Å²) in [4.78, 5) is 0. The molecule has 0 radical (unpaired) electrons. The van der Waals surface area contributed by atoms with Crippen molar-refractivity contribution in [1.82, 2.24) is 5.32 Å². The van der Waals surface area contributed by atoms with E-state index in [1.807, 2.05) is 20.9 Å². The van der Waals surface area contributed by atoms with E-state index in [0.717, 1.165) is 6.42 Å². The summed E-state index contributed by atoms with van der Waals surface area (Å²) in [6.45, 7) is 6.20. The fourth-order valence-corrected chi connectivity index (χ4v) is 0.672. The summed E-state index contributed by atoms with van der Waals surface area (Å²) in [5.41, 5.74) is 5.75. The molecule has 7 nitrogen and oxygen atoms in total. The van der Waals surface area contributed by atoms with Crippen molar-refractivity contribution in [3.8, 4) is 0 Å². The molecule has 0 amide bonds. The zero-order chi connectivity index (χ0) is 15.7. The Morgan fingerprint density at radius 1 is 1.35 bits per heavy atom. The van der Waals surface area contributed by atoms with Gasteiger partial charge in [-0.2, -0.15) is 14.1 Å². The minimum absolute atomic E-state index is 0. The number of aliphatic hydroxyl groups excluding tert-OH is 2. The molecule has 2 atom stereocenters. The molecular formula is C12H31N3O4W. The molecule has 0 spiro atoms. The first-order chi connectivity index (χ1) is 8.95. The summed E-state index contributed by atoms with van der Waals surface area (Å²) in [7, 11) is 4.80. The topological polar surface area (TPSA) is 109 Å². The first kappa shape index (κ1) is 28.6. The van der Waals surface area contributed by atoms with Crippen molar-refractivity contribution in [2.24, 2.45) is 0 Å². The molecule has 0 heterocycles. The molecular weight excluding hydrogens is 434 g/mol. The van der Waals surface area contributed by atoms with Gasteiger partial charge in [-0.25, -0.2) is 0 Å². The number of nitrogens with one attached hydrogen (secondary N) is 2. The quantitative estimate of drug-likeness (QED) is 0.469. The van der Waals surface area contributed by atoms with Crippen LogP contribution in [0.1, 0.15) is 27.2 Å². The molecule has 20 heavy (non-hydrogen) atoms. The molecule has 0 saturated carbocycles. The van der Waals surface area contributed by atoms with Gasteiger partial charge in [0.1, 0.15) is 0 Å². The number of nitrogens with zero attached hydrogens (tertiary/aromatic N) is 1. The Labute approximate surface area is 137 Å². The van der Waals surface area contributed by atoms with Crippen LogP contribution in [0.2, 0.25) is 0 Å². The maximum atomic E-state index is 8.11. The van der Waals surface area contributed by atoms with Gasteiger partial charge in [-0.1, -0.05) is 6.92 Å². The van der Waals surface area contributed by atoms with Crippen molar-refractivity contribution in [3.63, 3.8) is 0 Å². The van der Waals surface area contributed by atoms with Gasteiger partial charge in [0.2, 0.25) is 0 Å². The second-order valence-corrected chi connectivity index (χ2v) is 3.75. The predicted octanol–water partition coefficient (Wildman–Crippen LogP) is 1.31. The van der Waals surface area contributed by atoms with E-state index in [0.29, 0.717) is 13.5 Å². The number of hydrogen-bond acceptors (Lipinski definition) is 5. The molecule has 0 aromatic rings. The fourth-order valence-electron chi connectivity index (χ4n) is 0.672. The Morgan fingerprint density at radius 2 is 1.80 bits per heavy atom. The Bertz CT molecular complexity index is 158. The second-order valence-electron chi connectivity index (χ2n) is 3.75. The van der Waals surface area contributed by atoms with E-state index in [1.54, 1.807) is 7.05 Å². The number of ether oxygens (including phenoxy) is 2. The van der Waals surface area contributed by atoms with E-state index < -0.39 is 11.9 Å². The zero-order valence-corrected chi connectivity index (χ0v) is 16.4. The SMILES string of the molecule is CC(O)CO.CCC(C)(OC[N-]C)OCNC.C[NH-].[W+2]. The van der Waals surface area contributed by atoms with Gasteiger partial charge in [0.05, 0.1) is 19.4 Å². The molecule has 2 unspecified atom stereocenters. The van der Waals surface area contributed by atoms with Crippen LogP contribution < -0.4 is 5.32 Å². The van der Waals surface area contributed by atoms with Crippen molar-refractivity contribution in [2.75, 3.05) is 41.2 Å². The summed E-state index contributed by atoms with van der Waals surface area (Å²) in [5, 5.41) is 22.8. The minimum Gasteiger partial charge on any atom is -0.680 e. The largest absolute Gasteiger partial charge is 2.00 e. The van der Waals surface area contributed by atoms with Crippen molar-refractivity contribution in [1.29, 1.82) is 0 Å². The van der Waals surface area contributed by atoms with E-state index >= 15 is 0 Å². The van der Waals surface area contributed by atoms with Crippen LogP contribution in [0, 0.1) is 0 Å².